The number of esters is 1. The van der Waals surface area contributed by atoms with E-state index in [2.05, 4.69) is 15.9 Å². The van der Waals surface area contributed by atoms with Gasteiger partial charge in [0, 0.05) is 37.6 Å². The van der Waals surface area contributed by atoms with Gasteiger partial charge in [0.05, 0.1) is 13.2 Å². The van der Waals surface area contributed by atoms with Gasteiger partial charge in [0.25, 0.3) is 0 Å². The number of nitrogens with two attached hydrogens (primary N) is 1. The van der Waals surface area contributed by atoms with Crippen LogP contribution in [0.3, 0.4) is 0 Å². The molecule has 1 heterocycles. The third-order valence-corrected chi connectivity index (χ3v) is 3.27. The molecule has 5 heteroatoms. The van der Waals surface area contributed by atoms with Crippen LogP contribution in [0.15, 0.2) is 24.3 Å². The van der Waals surface area contributed by atoms with Crippen LogP contribution >= 0.6 is 0 Å². The van der Waals surface area contributed by atoms with Crippen LogP contribution in [0.4, 0.5) is 11.4 Å². The number of rotatable bonds is 4. The number of nitrogens with zero attached hydrogens (tertiary/aromatic N) is 2. The Hall–Kier alpha value is -1.75. The van der Waals surface area contributed by atoms with Gasteiger partial charge in [0.2, 0.25) is 0 Å². The van der Waals surface area contributed by atoms with Crippen molar-refractivity contribution in [1.29, 1.82) is 0 Å². The van der Waals surface area contributed by atoms with E-state index in [1.54, 1.807) is 0 Å². The third kappa shape index (κ3) is 3.86. The molecular weight excluding hydrogens is 242 g/mol. The molecule has 0 aromatic heterocycles. The molecule has 5 nitrogen and oxygen atoms in total. The normalized spacial score (nSPS) is 16.4. The average Bonchev–Trinajstić information content (AvgIpc) is 2.40. The van der Waals surface area contributed by atoms with Crippen molar-refractivity contribution in [3.8, 4) is 0 Å². The zero-order valence-electron chi connectivity index (χ0n) is 11.3. The van der Waals surface area contributed by atoms with Crippen LogP contribution in [0.2, 0.25) is 0 Å². The Morgan fingerprint density at radius 2 is 2.05 bits per heavy atom. The lowest BCUT2D eigenvalue weighted by atomic mass is 10.2. The maximum absolute atomic E-state index is 11.4. The summed E-state index contributed by atoms with van der Waals surface area (Å²) in [5, 5.41) is 0. The summed E-state index contributed by atoms with van der Waals surface area (Å²) < 4.78 is 4.96. The molecule has 0 aliphatic carbocycles. The second-order valence-electron chi connectivity index (χ2n) is 4.66. The minimum atomic E-state index is -0.139. The lowest BCUT2D eigenvalue weighted by Crippen LogP contribution is -2.48. The molecule has 0 spiro atoms. The van der Waals surface area contributed by atoms with Gasteiger partial charge in [-0.3, -0.25) is 9.69 Å². The van der Waals surface area contributed by atoms with Crippen LogP contribution in [0.25, 0.3) is 0 Å². The smallest absolute Gasteiger partial charge is 0.320 e. The zero-order valence-corrected chi connectivity index (χ0v) is 11.3. The first-order valence-electron chi connectivity index (χ1n) is 6.67. The van der Waals surface area contributed by atoms with E-state index in [-0.39, 0.29) is 5.97 Å². The highest BCUT2D eigenvalue weighted by Gasteiger charge is 2.19. The summed E-state index contributed by atoms with van der Waals surface area (Å²) in [6, 6.07) is 7.91. The van der Waals surface area contributed by atoms with Crippen LogP contribution in [0.5, 0.6) is 0 Å². The number of benzene rings is 1. The average molecular weight is 263 g/mol. The van der Waals surface area contributed by atoms with E-state index in [4.69, 9.17) is 10.5 Å². The number of piperazine rings is 1. The first-order valence-corrected chi connectivity index (χ1v) is 6.67. The minimum absolute atomic E-state index is 0.139. The second-order valence-corrected chi connectivity index (χ2v) is 4.66. The van der Waals surface area contributed by atoms with Gasteiger partial charge in [-0.15, -0.1) is 0 Å². The SMILES string of the molecule is CCOC(=O)CN1CCN(c2cccc(N)c2)CC1. The van der Waals surface area contributed by atoms with Gasteiger partial charge in [-0.2, -0.15) is 0 Å². The molecule has 0 radical (unpaired) electrons. The molecule has 19 heavy (non-hydrogen) atoms. The molecule has 0 unspecified atom stereocenters. The summed E-state index contributed by atoms with van der Waals surface area (Å²) in [4.78, 5) is 15.8. The quantitative estimate of drug-likeness (QED) is 0.647. The summed E-state index contributed by atoms with van der Waals surface area (Å²) in [5.41, 5.74) is 7.73. The second kappa shape index (κ2) is 6.43. The van der Waals surface area contributed by atoms with Crippen LogP contribution in [0, 0.1) is 0 Å². The number of nitrogen functional groups attached to an aromatic ring is 1. The number of hydrogen-bond donors (Lipinski definition) is 1. The number of hydrogen-bond acceptors (Lipinski definition) is 5. The van der Waals surface area contributed by atoms with Gasteiger partial charge in [-0.25, -0.2) is 0 Å². The fraction of sp³-hybridized carbons (Fsp3) is 0.500. The third-order valence-electron chi connectivity index (χ3n) is 3.27. The van der Waals surface area contributed by atoms with Crippen LogP contribution in [0.1, 0.15) is 6.92 Å². The number of carbonyl (C=O) groups is 1. The van der Waals surface area contributed by atoms with E-state index >= 15 is 0 Å². The highest BCUT2D eigenvalue weighted by atomic mass is 16.5. The Kier molecular flexibility index (Phi) is 4.63. The number of ether oxygens (including phenoxy) is 1. The van der Waals surface area contributed by atoms with Crippen LogP contribution in [-0.2, 0) is 9.53 Å². The van der Waals surface area contributed by atoms with Crippen molar-refractivity contribution >= 4 is 17.3 Å². The van der Waals surface area contributed by atoms with Crippen molar-refractivity contribution in [3.05, 3.63) is 24.3 Å². The first kappa shape index (κ1) is 13.7. The van der Waals surface area contributed by atoms with Crippen molar-refractivity contribution in [2.75, 3.05) is 50.0 Å². The van der Waals surface area contributed by atoms with Crippen LogP contribution in [-0.4, -0.2) is 50.2 Å². The van der Waals surface area contributed by atoms with Gasteiger partial charge in [0.15, 0.2) is 0 Å². The highest BCUT2D eigenvalue weighted by molar-refractivity contribution is 5.71. The van der Waals surface area contributed by atoms with E-state index < -0.39 is 0 Å². The molecule has 0 bridgehead atoms. The van der Waals surface area contributed by atoms with Crippen molar-refractivity contribution in [3.63, 3.8) is 0 Å². The standard InChI is InChI=1S/C14H21N3O2/c1-2-19-14(18)11-16-6-8-17(9-7-16)13-5-3-4-12(15)10-13/h3-5,10H,2,6-9,11,15H2,1H3. The largest absolute Gasteiger partial charge is 0.465 e. The predicted molar refractivity (Wildman–Crippen MR) is 76.1 cm³/mol. The lowest BCUT2D eigenvalue weighted by Gasteiger charge is -2.35. The Labute approximate surface area is 113 Å². The van der Waals surface area contributed by atoms with E-state index in [0.29, 0.717) is 13.2 Å². The summed E-state index contributed by atoms with van der Waals surface area (Å²) in [5.74, 6) is -0.139. The Morgan fingerprint density at radius 1 is 1.32 bits per heavy atom. The molecule has 1 aliphatic rings. The topological polar surface area (TPSA) is 58.8 Å². The number of carbonyl (C=O) groups excluding carboxylic acids is 1. The molecule has 1 aliphatic heterocycles. The first-order chi connectivity index (χ1) is 9.19. The van der Waals surface area contributed by atoms with Crippen molar-refractivity contribution in [2.24, 2.45) is 0 Å². The Balaban J connectivity index is 1.84. The van der Waals surface area contributed by atoms with Gasteiger partial charge in [-0.1, -0.05) is 6.07 Å². The monoisotopic (exact) mass is 263 g/mol. The van der Waals surface area contributed by atoms with E-state index in [9.17, 15) is 4.79 Å². The van der Waals surface area contributed by atoms with Crippen molar-refractivity contribution < 1.29 is 9.53 Å². The maximum Gasteiger partial charge on any atom is 0.320 e. The molecule has 1 aromatic carbocycles. The molecule has 1 fully saturated rings. The lowest BCUT2D eigenvalue weighted by molar-refractivity contribution is -0.144. The van der Waals surface area contributed by atoms with E-state index in [0.717, 1.165) is 37.6 Å². The van der Waals surface area contributed by atoms with Gasteiger partial charge in [-0.05, 0) is 25.1 Å². The summed E-state index contributed by atoms with van der Waals surface area (Å²) in [6.07, 6.45) is 0. The Bertz CT molecular complexity index is 428. The van der Waals surface area contributed by atoms with E-state index in [1.165, 1.54) is 0 Å². The molecule has 0 amide bonds. The van der Waals surface area contributed by atoms with Gasteiger partial charge >= 0.3 is 5.97 Å². The van der Waals surface area contributed by atoms with E-state index in [1.807, 2.05) is 25.1 Å². The van der Waals surface area contributed by atoms with Crippen molar-refractivity contribution in [1.82, 2.24) is 4.90 Å². The summed E-state index contributed by atoms with van der Waals surface area (Å²) in [6.45, 7) is 6.21. The zero-order chi connectivity index (χ0) is 13.7. The molecule has 104 valence electrons. The molecule has 0 saturated carbocycles. The molecule has 1 aromatic rings. The van der Waals surface area contributed by atoms with Gasteiger partial charge in [0.1, 0.15) is 0 Å². The molecule has 2 N–H and O–H groups in total. The molecule has 1 saturated heterocycles. The fourth-order valence-corrected chi connectivity index (χ4v) is 2.27. The predicted octanol–water partition coefficient (Wildman–Crippen LogP) is 0.954. The highest BCUT2D eigenvalue weighted by Crippen LogP contribution is 2.18. The molecule has 2 rings (SSSR count). The number of anilines is 2. The Morgan fingerprint density at radius 3 is 2.68 bits per heavy atom. The van der Waals surface area contributed by atoms with Crippen LogP contribution < -0.4 is 10.6 Å². The van der Waals surface area contributed by atoms with Gasteiger partial charge < -0.3 is 15.4 Å². The summed E-state index contributed by atoms with van der Waals surface area (Å²) >= 11 is 0. The summed E-state index contributed by atoms with van der Waals surface area (Å²) in [7, 11) is 0. The molecular formula is C14H21N3O2. The fourth-order valence-electron chi connectivity index (χ4n) is 2.27. The van der Waals surface area contributed by atoms with Crippen molar-refractivity contribution in [2.45, 2.75) is 6.92 Å². The molecule has 0 atom stereocenters. The maximum atomic E-state index is 11.4. The minimum Gasteiger partial charge on any atom is -0.465 e.